The van der Waals surface area contributed by atoms with E-state index in [2.05, 4.69) is 80.6 Å². The minimum absolute atomic E-state index is 0.332. The van der Waals surface area contributed by atoms with Crippen LogP contribution in [0, 0.1) is 5.92 Å². The van der Waals surface area contributed by atoms with E-state index in [1.54, 1.807) is 0 Å². The zero-order chi connectivity index (χ0) is 18.4. The number of aryl methyl sites for hydroxylation is 1. The Balaban J connectivity index is 1.55. The van der Waals surface area contributed by atoms with Gasteiger partial charge in [-0.05, 0) is 41.5 Å². The summed E-state index contributed by atoms with van der Waals surface area (Å²) < 4.78 is 0. The molecule has 0 fully saturated rings. The second kappa shape index (κ2) is 8.80. The molecule has 0 heterocycles. The van der Waals surface area contributed by atoms with Gasteiger partial charge in [-0.25, -0.2) is 0 Å². The van der Waals surface area contributed by atoms with Crippen LogP contribution in [-0.4, -0.2) is 5.78 Å². The van der Waals surface area contributed by atoms with Crippen LogP contribution in [0.25, 0.3) is 5.57 Å². The normalized spacial score (nSPS) is 16.3. The SMILES string of the molecule is CCc1ccc(CC(=O)CCC2=CC=C(c3ccccc3)C2CC)cc1. The number of ketones is 1. The third-order valence-electron chi connectivity index (χ3n) is 5.34. The van der Waals surface area contributed by atoms with E-state index in [1.807, 2.05) is 0 Å². The molecule has 134 valence electrons. The van der Waals surface area contributed by atoms with Crippen molar-refractivity contribution in [1.82, 2.24) is 0 Å². The molecule has 1 nitrogen and oxygen atoms in total. The fourth-order valence-electron chi connectivity index (χ4n) is 3.79. The summed E-state index contributed by atoms with van der Waals surface area (Å²) in [5, 5.41) is 0. The summed E-state index contributed by atoms with van der Waals surface area (Å²) in [5.41, 5.74) is 6.55. The first-order valence-electron chi connectivity index (χ1n) is 9.76. The van der Waals surface area contributed by atoms with E-state index in [4.69, 9.17) is 0 Å². The summed E-state index contributed by atoms with van der Waals surface area (Å²) in [6, 6.07) is 19.0. The maximum atomic E-state index is 12.4. The van der Waals surface area contributed by atoms with Crippen LogP contribution >= 0.6 is 0 Å². The highest BCUT2D eigenvalue weighted by atomic mass is 16.1. The molecule has 0 bridgehead atoms. The smallest absolute Gasteiger partial charge is 0.137 e. The predicted molar refractivity (Wildman–Crippen MR) is 110 cm³/mol. The Morgan fingerprint density at radius 3 is 2.23 bits per heavy atom. The van der Waals surface area contributed by atoms with Crippen molar-refractivity contribution in [1.29, 1.82) is 0 Å². The van der Waals surface area contributed by atoms with Gasteiger partial charge in [0.2, 0.25) is 0 Å². The first kappa shape index (κ1) is 18.4. The van der Waals surface area contributed by atoms with E-state index < -0.39 is 0 Å². The molecule has 0 radical (unpaired) electrons. The standard InChI is InChI=1S/C25H28O/c1-3-19-10-12-20(13-11-19)18-23(26)16-14-22-15-17-25(24(22)4-2)21-8-6-5-7-9-21/h5-13,15,17,24H,3-4,14,16,18H2,1-2H3. The van der Waals surface area contributed by atoms with Crippen molar-refractivity contribution in [2.24, 2.45) is 5.92 Å². The number of hydrogen-bond acceptors (Lipinski definition) is 1. The van der Waals surface area contributed by atoms with E-state index in [0.717, 1.165) is 24.8 Å². The predicted octanol–water partition coefficient (Wildman–Crippen LogP) is 6.19. The lowest BCUT2D eigenvalue weighted by Gasteiger charge is -2.18. The summed E-state index contributed by atoms with van der Waals surface area (Å²) in [7, 11) is 0. The van der Waals surface area contributed by atoms with Crippen molar-refractivity contribution < 1.29 is 4.79 Å². The average molecular weight is 344 g/mol. The molecule has 0 aliphatic heterocycles. The lowest BCUT2D eigenvalue weighted by atomic mass is 9.86. The first-order chi connectivity index (χ1) is 12.7. The Labute approximate surface area is 157 Å². The van der Waals surface area contributed by atoms with Gasteiger partial charge in [0.05, 0.1) is 0 Å². The van der Waals surface area contributed by atoms with Gasteiger partial charge in [0.1, 0.15) is 5.78 Å². The molecule has 1 aliphatic carbocycles. The zero-order valence-corrected chi connectivity index (χ0v) is 15.9. The molecule has 0 aromatic heterocycles. The van der Waals surface area contributed by atoms with Crippen molar-refractivity contribution in [2.75, 3.05) is 0 Å². The molecular formula is C25H28O. The fourth-order valence-corrected chi connectivity index (χ4v) is 3.79. The Hall–Kier alpha value is -2.41. The molecule has 3 rings (SSSR count). The van der Waals surface area contributed by atoms with Gasteiger partial charge in [-0.2, -0.15) is 0 Å². The molecule has 2 aromatic rings. The van der Waals surface area contributed by atoms with Gasteiger partial charge in [0.15, 0.2) is 0 Å². The molecule has 0 saturated carbocycles. The Kier molecular flexibility index (Phi) is 6.22. The van der Waals surface area contributed by atoms with Crippen LogP contribution in [0.15, 0.2) is 72.3 Å². The number of benzene rings is 2. The number of carbonyl (C=O) groups is 1. The maximum absolute atomic E-state index is 12.4. The van der Waals surface area contributed by atoms with Crippen LogP contribution in [0.3, 0.4) is 0 Å². The van der Waals surface area contributed by atoms with E-state index in [9.17, 15) is 4.79 Å². The van der Waals surface area contributed by atoms with E-state index >= 15 is 0 Å². The van der Waals surface area contributed by atoms with E-state index in [0.29, 0.717) is 24.5 Å². The number of rotatable bonds is 8. The van der Waals surface area contributed by atoms with Gasteiger partial charge in [-0.1, -0.05) is 86.2 Å². The summed E-state index contributed by atoms with van der Waals surface area (Å²) in [6.45, 7) is 4.38. The third-order valence-corrected chi connectivity index (χ3v) is 5.34. The zero-order valence-electron chi connectivity index (χ0n) is 15.9. The Bertz CT molecular complexity index is 794. The first-order valence-corrected chi connectivity index (χ1v) is 9.76. The number of carbonyl (C=O) groups excluding carboxylic acids is 1. The summed E-state index contributed by atoms with van der Waals surface area (Å²) in [4.78, 5) is 12.4. The van der Waals surface area contributed by atoms with Gasteiger partial charge in [0, 0.05) is 18.8 Å². The minimum atomic E-state index is 0.332. The summed E-state index contributed by atoms with van der Waals surface area (Å²) >= 11 is 0. The quantitative estimate of drug-likeness (QED) is 0.558. The number of Topliss-reactive ketones (excluding diaryl/α,β-unsaturated/α-hetero) is 1. The van der Waals surface area contributed by atoms with Crippen LogP contribution in [0.2, 0.25) is 0 Å². The number of allylic oxidation sites excluding steroid dienone is 4. The third kappa shape index (κ3) is 4.40. The van der Waals surface area contributed by atoms with Crippen LogP contribution in [-0.2, 0) is 17.6 Å². The molecule has 0 N–H and O–H groups in total. The van der Waals surface area contributed by atoms with Gasteiger partial charge < -0.3 is 0 Å². The molecule has 1 heteroatoms. The molecule has 1 unspecified atom stereocenters. The van der Waals surface area contributed by atoms with Crippen LogP contribution < -0.4 is 0 Å². The van der Waals surface area contributed by atoms with Gasteiger partial charge in [-0.15, -0.1) is 0 Å². The van der Waals surface area contributed by atoms with Crippen molar-refractivity contribution in [3.63, 3.8) is 0 Å². The van der Waals surface area contributed by atoms with Gasteiger partial charge in [0.25, 0.3) is 0 Å². The maximum Gasteiger partial charge on any atom is 0.137 e. The fraction of sp³-hybridized carbons (Fsp3) is 0.320. The monoisotopic (exact) mass is 344 g/mol. The van der Waals surface area contributed by atoms with Crippen LogP contribution in [0.1, 0.15) is 49.8 Å². The van der Waals surface area contributed by atoms with Crippen molar-refractivity contribution in [3.05, 3.63) is 89.0 Å². The molecule has 1 aliphatic rings. The highest BCUT2D eigenvalue weighted by Crippen LogP contribution is 2.38. The number of hydrogen-bond donors (Lipinski definition) is 0. The highest BCUT2D eigenvalue weighted by Gasteiger charge is 2.22. The topological polar surface area (TPSA) is 17.1 Å². The van der Waals surface area contributed by atoms with Crippen LogP contribution in [0.4, 0.5) is 0 Å². The second-order valence-electron chi connectivity index (χ2n) is 7.08. The van der Waals surface area contributed by atoms with Crippen molar-refractivity contribution in [2.45, 2.75) is 46.0 Å². The largest absolute Gasteiger partial charge is 0.299 e. The molecule has 1 atom stereocenters. The Morgan fingerprint density at radius 1 is 0.885 bits per heavy atom. The van der Waals surface area contributed by atoms with Crippen LogP contribution in [0.5, 0.6) is 0 Å². The average Bonchev–Trinajstić information content (AvgIpc) is 3.10. The highest BCUT2D eigenvalue weighted by molar-refractivity contribution is 5.81. The molecule has 26 heavy (non-hydrogen) atoms. The summed E-state index contributed by atoms with van der Waals surface area (Å²) in [5.74, 6) is 0.784. The molecule has 0 saturated heterocycles. The van der Waals surface area contributed by atoms with Gasteiger partial charge in [-0.3, -0.25) is 4.79 Å². The lowest BCUT2D eigenvalue weighted by molar-refractivity contribution is -0.118. The Morgan fingerprint density at radius 2 is 1.58 bits per heavy atom. The minimum Gasteiger partial charge on any atom is -0.299 e. The molecular weight excluding hydrogens is 316 g/mol. The lowest BCUT2D eigenvalue weighted by Crippen LogP contribution is -2.07. The molecule has 0 amide bonds. The van der Waals surface area contributed by atoms with Crippen molar-refractivity contribution in [3.8, 4) is 0 Å². The van der Waals surface area contributed by atoms with Gasteiger partial charge >= 0.3 is 0 Å². The second-order valence-corrected chi connectivity index (χ2v) is 7.08. The molecule has 2 aromatic carbocycles. The van der Waals surface area contributed by atoms with Crippen molar-refractivity contribution >= 4 is 11.4 Å². The summed E-state index contributed by atoms with van der Waals surface area (Å²) in [6.07, 6.45) is 8.65. The van der Waals surface area contributed by atoms with E-state index in [1.165, 1.54) is 22.3 Å². The van der Waals surface area contributed by atoms with E-state index in [-0.39, 0.29) is 0 Å². The molecule has 0 spiro atoms.